The van der Waals surface area contributed by atoms with Gasteiger partial charge in [-0.25, -0.2) is 19.9 Å². The van der Waals surface area contributed by atoms with Crippen molar-refractivity contribution < 1.29 is 18.9 Å². The first kappa shape index (κ1) is 28.0. The molecular formula is C30H30N6O4. The zero-order chi connectivity index (χ0) is 28.2. The number of nitrogens with two attached hydrogens (primary N) is 1. The van der Waals surface area contributed by atoms with Gasteiger partial charge in [0.2, 0.25) is 5.95 Å². The van der Waals surface area contributed by atoms with E-state index < -0.39 is 0 Å². The minimum absolute atomic E-state index is 0.323. The van der Waals surface area contributed by atoms with Crippen molar-refractivity contribution in [2.45, 2.75) is 0 Å². The van der Waals surface area contributed by atoms with Gasteiger partial charge in [-0.1, -0.05) is 30.2 Å². The van der Waals surface area contributed by atoms with E-state index in [-0.39, 0.29) is 0 Å². The monoisotopic (exact) mass is 538 g/mol. The number of ether oxygens (including phenoxy) is 4. The number of nitrogens with one attached hydrogen (secondary N) is 1. The second kappa shape index (κ2) is 14.2. The summed E-state index contributed by atoms with van der Waals surface area (Å²) in [6.45, 7) is 1.73. The van der Waals surface area contributed by atoms with Gasteiger partial charge < -0.3 is 30.0 Å². The summed E-state index contributed by atoms with van der Waals surface area (Å²) in [5.41, 5.74) is 8.63. The molecule has 5 aromatic rings. The molecule has 0 aliphatic carbocycles. The zero-order valence-electron chi connectivity index (χ0n) is 22.3. The molecule has 0 amide bonds. The van der Waals surface area contributed by atoms with E-state index in [1.807, 2.05) is 60.7 Å². The Kier molecular flexibility index (Phi) is 9.99. The lowest BCUT2D eigenvalue weighted by molar-refractivity contribution is 0.132. The van der Waals surface area contributed by atoms with Crippen LogP contribution in [0.4, 0.5) is 17.5 Å². The number of para-hydroxylation sites is 1. The molecule has 3 N–H and O–H groups in total. The summed E-state index contributed by atoms with van der Waals surface area (Å²) in [6.07, 6.45) is 8.71. The van der Waals surface area contributed by atoms with Gasteiger partial charge in [-0.15, -0.1) is 6.42 Å². The second-order valence-corrected chi connectivity index (χ2v) is 8.36. The normalized spacial score (nSPS) is 10.4. The van der Waals surface area contributed by atoms with Crippen LogP contribution in [-0.2, 0) is 9.47 Å². The Balaban J connectivity index is 0.000000278. The highest BCUT2D eigenvalue weighted by molar-refractivity contribution is 5.93. The SMILES string of the molecule is C#Cc1cccc(Nc2ncnc3cc(OCCOC)c(OCCOC)cc23)c1.Nc1ncc2ccccc2n1. The second-order valence-electron chi connectivity index (χ2n) is 8.36. The molecule has 10 nitrogen and oxygen atoms in total. The highest BCUT2D eigenvalue weighted by Crippen LogP contribution is 2.35. The van der Waals surface area contributed by atoms with Gasteiger partial charge in [-0.3, -0.25) is 0 Å². The lowest BCUT2D eigenvalue weighted by Crippen LogP contribution is -2.09. The summed E-state index contributed by atoms with van der Waals surface area (Å²) < 4.78 is 21.8. The zero-order valence-corrected chi connectivity index (χ0v) is 22.3. The van der Waals surface area contributed by atoms with Gasteiger partial charge in [-0.2, -0.15) is 0 Å². The maximum atomic E-state index is 5.86. The maximum Gasteiger partial charge on any atom is 0.220 e. The topological polar surface area (TPSA) is 127 Å². The Morgan fingerprint density at radius 3 is 2.33 bits per heavy atom. The first-order valence-electron chi connectivity index (χ1n) is 12.4. The van der Waals surface area contributed by atoms with Crippen LogP contribution < -0.4 is 20.5 Å². The molecule has 0 saturated heterocycles. The molecule has 0 spiro atoms. The van der Waals surface area contributed by atoms with Gasteiger partial charge in [0.05, 0.1) is 24.2 Å². The minimum Gasteiger partial charge on any atom is -0.487 e. The lowest BCUT2D eigenvalue weighted by atomic mass is 10.2. The standard InChI is InChI=1S/C22H23N3O4.C8H7N3/c1-4-16-6-5-7-17(12-16)25-22-18-13-20(28-10-8-26-2)21(29-11-9-27-3)14-19(18)23-15-24-22;9-8-10-5-6-3-1-2-4-7(6)11-8/h1,5-7,12-15H,8-11H2,2-3H3,(H,23,24,25);1-5H,(H2,9,10,11). The van der Waals surface area contributed by atoms with Gasteiger partial charge in [0.25, 0.3) is 0 Å². The van der Waals surface area contributed by atoms with Crippen LogP contribution in [0.2, 0.25) is 0 Å². The van der Waals surface area contributed by atoms with E-state index in [0.717, 1.165) is 33.1 Å². The molecule has 0 saturated carbocycles. The van der Waals surface area contributed by atoms with Crippen molar-refractivity contribution in [1.29, 1.82) is 0 Å². The highest BCUT2D eigenvalue weighted by Gasteiger charge is 2.13. The van der Waals surface area contributed by atoms with E-state index in [2.05, 4.69) is 31.2 Å². The molecule has 0 bridgehead atoms. The molecule has 3 aromatic carbocycles. The van der Waals surface area contributed by atoms with Gasteiger partial charge in [0.15, 0.2) is 11.5 Å². The van der Waals surface area contributed by atoms with E-state index in [9.17, 15) is 0 Å². The number of benzene rings is 3. The number of anilines is 3. The number of hydrogen-bond acceptors (Lipinski definition) is 10. The fourth-order valence-electron chi connectivity index (χ4n) is 3.67. The summed E-state index contributed by atoms with van der Waals surface area (Å²) in [7, 11) is 3.25. The molecule has 0 fully saturated rings. The van der Waals surface area contributed by atoms with Crippen LogP contribution in [0.5, 0.6) is 11.5 Å². The summed E-state index contributed by atoms with van der Waals surface area (Å²) in [4.78, 5) is 16.7. The molecule has 204 valence electrons. The Bertz CT molecular complexity index is 1610. The van der Waals surface area contributed by atoms with Crippen molar-refractivity contribution >= 4 is 39.3 Å². The fourth-order valence-corrected chi connectivity index (χ4v) is 3.67. The molecule has 5 rings (SSSR count). The average Bonchev–Trinajstić information content (AvgIpc) is 2.98. The highest BCUT2D eigenvalue weighted by atomic mass is 16.5. The van der Waals surface area contributed by atoms with Gasteiger partial charge in [0, 0.05) is 48.5 Å². The lowest BCUT2D eigenvalue weighted by Gasteiger charge is -2.15. The van der Waals surface area contributed by atoms with Crippen LogP contribution in [0.3, 0.4) is 0 Å². The predicted octanol–water partition coefficient (Wildman–Crippen LogP) is 4.62. The Labute approximate surface area is 232 Å². The number of nitrogen functional groups attached to an aromatic ring is 1. The molecule has 10 heteroatoms. The van der Waals surface area contributed by atoms with Crippen LogP contribution in [0.1, 0.15) is 5.56 Å². The molecule has 2 aromatic heterocycles. The van der Waals surface area contributed by atoms with E-state index >= 15 is 0 Å². The fraction of sp³-hybridized carbons (Fsp3) is 0.200. The van der Waals surface area contributed by atoms with Crippen molar-refractivity contribution in [2.24, 2.45) is 0 Å². The Morgan fingerprint density at radius 1 is 0.825 bits per heavy atom. The third kappa shape index (κ3) is 7.54. The van der Waals surface area contributed by atoms with Crippen LogP contribution in [-0.4, -0.2) is 60.6 Å². The number of aromatic nitrogens is 4. The molecule has 40 heavy (non-hydrogen) atoms. The number of rotatable bonds is 10. The van der Waals surface area contributed by atoms with Crippen LogP contribution in [0, 0.1) is 12.3 Å². The molecule has 0 aliphatic heterocycles. The van der Waals surface area contributed by atoms with Crippen LogP contribution >= 0.6 is 0 Å². The number of fused-ring (bicyclic) bond motifs is 2. The van der Waals surface area contributed by atoms with Crippen molar-refractivity contribution in [2.75, 3.05) is 51.7 Å². The molecule has 0 radical (unpaired) electrons. The molecule has 2 heterocycles. The summed E-state index contributed by atoms with van der Waals surface area (Å²) in [6, 6.07) is 19.0. The van der Waals surface area contributed by atoms with E-state index in [4.69, 9.17) is 31.1 Å². The largest absolute Gasteiger partial charge is 0.487 e. The van der Waals surface area contributed by atoms with Crippen molar-refractivity contribution in [3.8, 4) is 23.8 Å². The molecule has 0 aliphatic rings. The van der Waals surface area contributed by atoms with Crippen LogP contribution in [0.25, 0.3) is 21.8 Å². The summed E-state index contributed by atoms with van der Waals surface area (Å²) >= 11 is 0. The summed E-state index contributed by atoms with van der Waals surface area (Å²) in [5, 5.41) is 5.11. The average molecular weight is 539 g/mol. The third-order valence-electron chi connectivity index (χ3n) is 5.59. The number of hydrogen-bond donors (Lipinski definition) is 2. The third-order valence-corrected chi connectivity index (χ3v) is 5.59. The maximum absolute atomic E-state index is 5.86. The Hall–Kier alpha value is -4.98. The number of methoxy groups -OCH3 is 2. The Morgan fingerprint density at radius 2 is 1.57 bits per heavy atom. The van der Waals surface area contributed by atoms with E-state index in [1.165, 1.54) is 6.33 Å². The first-order chi connectivity index (χ1) is 19.6. The van der Waals surface area contributed by atoms with Crippen LogP contribution in [0.15, 0.2) is 73.2 Å². The quantitative estimate of drug-likeness (QED) is 0.192. The summed E-state index contributed by atoms with van der Waals surface area (Å²) in [5.74, 6) is 4.77. The number of terminal acetylenes is 1. The van der Waals surface area contributed by atoms with E-state index in [0.29, 0.717) is 49.7 Å². The van der Waals surface area contributed by atoms with Gasteiger partial charge in [0.1, 0.15) is 25.4 Å². The van der Waals surface area contributed by atoms with Gasteiger partial charge in [-0.05, 0) is 30.3 Å². The predicted molar refractivity (Wildman–Crippen MR) is 156 cm³/mol. The minimum atomic E-state index is 0.323. The van der Waals surface area contributed by atoms with E-state index in [1.54, 1.807) is 20.4 Å². The van der Waals surface area contributed by atoms with Gasteiger partial charge >= 0.3 is 0 Å². The smallest absolute Gasteiger partial charge is 0.220 e. The van der Waals surface area contributed by atoms with Crippen molar-refractivity contribution in [1.82, 2.24) is 19.9 Å². The molecule has 0 unspecified atom stereocenters. The van der Waals surface area contributed by atoms with Crippen molar-refractivity contribution in [3.63, 3.8) is 0 Å². The first-order valence-corrected chi connectivity index (χ1v) is 12.4. The van der Waals surface area contributed by atoms with Crippen molar-refractivity contribution in [3.05, 3.63) is 78.8 Å². The number of nitrogens with zero attached hydrogens (tertiary/aromatic N) is 4. The molecule has 0 atom stereocenters. The molecular weight excluding hydrogens is 508 g/mol.